The number of rotatable bonds is 5. The quantitative estimate of drug-likeness (QED) is 0.284. The first-order chi connectivity index (χ1) is 8.09. The molecule has 0 spiro atoms. The molecule has 0 radical (unpaired) electrons. The summed E-state index contributed by atoms with van der Waals surface area (Å²) in [6.45, 7) is 2.56. The van der Waals surface area contributed by atoms with Gasteiger partial charge in [-0.05, 0) is 26.7 Å². The first-order valence-electron chi connectivity index (χ1n) is 5.25. The van der Waals surface area contributed by atoms with Gasteiger partial charge in [-0.15, -0.1) is 0 Å². The predicted molar refractivity (Wildman–Crippen MR) is 61.5 cm³/mol. The van der Waals surface area contributed by atoms with Gasteiger partial charge >= 0.3 is 11.9 Å². The van der Waals surface area contributed by atoms with Crippen molar-refractivity contribution in [2.24, 2.45) is 0 Å². The maximum Gasteiger partial charge on any atom is 0.303 e. The molecule has 0 saturated carbocycles. The highest BCUT2D eigenvalue weighted by atomic mass is 16.5. The summed E-state index contributed by atoms with van der Waals surface area (Å²) < 4.78 is 0. The lowest BCUT2D eigenvalue weighted by Crippen LogP contribution is -1.97. The smallest absolute Gasteiger partial charge is 0.303 e. The molecule has 0 aromatic carbocycles. The summed E-state index contributed by atoms with van der Waals surface area (Å²) in [7, 11) is 0. The number of unbranched alkanes of at least 4 members (excludes halogenated alkanes) is 1. The third-order valence-corrected chi connectivity index (χ3v) is 1.03. The van der Waals surface area contributed by atoms with Gasteiger partial charge in [0, 0.05) is 12.8 Å². The van der Waals surface area contributed by atoms with Gasteiger partial charge in [-0.3, -0.25) is 9.59 Å². The Bertz CT molecular complexity index is 175. The van der Waals surface area contributed by atoms with Crippen LogP contribution in [-0.2, 0) is 9.59 Å². The van der Waals surface area contributed by atoms with Crippen LogP contribution in [0, 0.1) is 0 Å². The third kappa shape index (κ3) is 84.0. The van der Waals surface area contributed by atoms with E-state index in [1.807, 2.05) is 0 Å². The molecule has 0 unspecified atom stereocenters. The topological polar surface area (TPSA) is 156 Å². The minimum atomic E-state index is -1.17. The van der Waals surface area contributed by atoms with Crippen molar-refractivity contribution >= 4 is 11.9 Å². The normalized spacial score (nSPS) is 9.11. The van der Waals surface area contributed by atoms with Gasteiger partial charge in [0.15, 0.2) is 0 Å². The Morgan fingerprint density at radius 3 is 1.06 bits per heavy atom. The second kappa shape index (κ2) is 15.8. The highest BCUT2D eigenvalue weighted by molar-refractivity contribution is 5.67. The van der Waals surface area contributed by atoms with Crippen molar-refractivity contribution in [2.45, 2.75) is 52.1 Å². The number of hydrogen-bond acceptors (Lipinski definition) is 6. The highest BCUT2D eigenvalue weighted by Crippen LogP contribution is 1.98. The largest absolute Gasteiger partial charge is 0.481 e. The van der Waals surface area contributed by atoms with Gasteiger partial charge in [0.1, 0.15) is 12.6 Å². The van der Waals surface area contributed by atoms with Crippen molar-refractivity contribution in [1.82, 2.24) is 0 Å². The van der Waals surface area contributed by atoms with Gasteiger partial charge in [-0.2, -0.15) is 0 Å². The van der Waals surface area contributed by atoms with Crippen LogP contribution >= 0.6 is 0 Å². The van der Waals surface area contributed by atoms with Crippen LogP contribution in [0.15, 0.2) is 0 Å². The molecule has 0 heterocycles. The van der Waals surface area contributed by atoms with Gasteiger partial charge in [0.05, 0.1) is 0 Å². The van der Waals surface area contributed by atoms with Crippen molar-refractivity contribution < 1.29 is 40.2 Å². The molecule has 8 nitrogen and oxygen atoms in total. The van der Waals surface area contributed by atoms with Crippen LogP contribution in [-0.4, -0.2) is 55.2 Å². The molecule has 0 fully saturated rings. The summed E-state index contributed by atoms with van der Waals surface area (Å²) >= 11 is 0. The lowest BCUT2D eigenvalue weighted by atomic mass is 10.2. The standard InChI is InChI=1S/C6H10O4.2C2H6O2/c7-5(8)3-1-2-4-6(9)10;2*1-2(3)4/h1-4H2,(H,7,8)(H,9,10);2*2-4H,1H3. The average Bonchev–Trinajstić information content (AvgIpc) is 2.09. The Morgan fingerprint density at radius 2 is 0.944 bits per heavy atom. The fourth-order valence-electron chi connectivity index (χ4n) is 0.552. The van der Waals surface area contributed by atoms with Crippen LogP contribution in [0.4, 0.5) is 0 Å². The van der Waals surface area contributed by atoms with Crippen molar-refractivity contribution in [3.8, 4) is 0 Å². The number of aliphatic carboxylic acids is 2. The van der Waals surface area contributed by atoms with Crippen LogP contribution in [0.1, 0.15) is 39.5 Å². The van der Waals surface area contributed by atoms with Gasteiger partial charge in [-0.25, -0.2) is 0 Å². The Balaban J connectivity index is -0.000000233. The van der Waals surface area contributed by atoms with Crippen LogP contribution in [0.5, 0.6) is 0 Å². The summed E-state index contributed by atoms with van der Waals surface area (Å²) in [5, 5.41) is 46.7. The minimum Gasteiger partial charge on any atom is -0.481 e. The third-order valence-electron chi connectivity index (χ3n) is 1.03. The molecule has 0 aromatic rings. The number of aliphatic hydroxyl groups excluding tert-OH is 2. The molecule has 0 aromatic heterocycles. The minimum absolute atomic E-state index is 0.0628. The van der Waals surface area contributed by atoms with E-state index in [-0.39, 0.29) is 12.8 Å². The van der Waals surface area contributed by atoms with E-state index in [1.54, 1.807) is 0 Å². The van der Waals surface area contributed by atoms with E-state index >= 15 is 0 Å². The Kier molecular flexibility index (Phi) is 19.3. The zero-order valence-electron chi connectivity index (χ0n) is 10.5. The lowest BCUT2D eigenvalue weighted by molar-refractivity contribution is -0.139. The molecule has 0 bridgehead atoms. The van der Waals surface area contributed by atoms with E-state index in [4.69, 9.17) is 30.6 Å². The second-order valence-electron chi connectivity index (χ2n) is 3.26. The van der Waals surface area contributed by atoms with Crippen LogP contribution in [0.25, 0.3) is 0 Å². The summed E-state index contributed by atoms with van der Waals surface area (Å²) in [5.74, 6) is -1.74. The SMILES string of the molecule is CC(O)O.CC(O)O.O=C(O)CCCCC(=O)O. The molecule has 6 N–H and O–H groups in total. The van der Waals surface area contributed by atoms with Crippen molar-refractivity contribution in [3.63, 3.8) is 0 Å². The summed E-state index contributed by atoms with van der Waals surface area (Å²) in [4.78, 5) is 19.8. The first kappa shape index (κ1) is 22.0. The van der Waals surface area contributed by atoms with Crippen LogP contribution < -0.4 is 0 Å². The van der Waals surface area contributed by atoms with Crippen molar-refractivity contribution in [2.75, 3.05) is 0 Å². The molecule has 0 rings (SSSR count). The molecule has 0 aliphatic heterocycles. The Labute approximate surface area is 105 Å². The second-order valence-corrected chi connectivity index (χ2v) is 3.26. The first-order valence-corrected chi connectivity index (χ1v) is 5.25. The average molecular weight is 270 g/mol. The monoisotopic (exact) mass is 270 g/mol. The molecule has 0 aliphatic carbocycles. The molecule has 0 atom stereocenters. The molecule has 0 amide bonds. The molecule has 110 valence electrons. The van der Waals surface area contributed by atoms with Crippen molar-refractivity contribution in [1.29, 1.82) is 0 Å². The van der Waals surface area contributed by atoms with E-state index in [0.29, 0.717) is 12.8 Å². The fourth-order valence-corrected chi connectivity index (χ4v) is 0.552. The Hall–Kier alpha value is -1.22. The Morgan fingerprint density at radius 1 is 0.778 bits per heavy atom. The number of carboxylic acid groups (broad SMARTS) is 2. The maximum absolute atomic E-state index is 9.90. The van der Waals surface area contributed by atoms with Gasteiger partial charge in [0.2, 0.25) is 0 Å². The van der Waals surface area contributed by atoms with E-state index in [0.717, 1.165) is 0 Å². The highest BCUT2D eigenvalue weighted by Gasteiger charge is 1.99. The summed E-state index contributed by atoms with van der Waals surface area (Å²) in [5.41, 5.74) is 0. The molecule has 18 heavy (non-hydrogen) atoms. The van der Waals surface area contributed by atoms with Gasteiger partial charge < -0.3 is 30.6 Å². The lowest BCUT2D eigenvalue weighted by Gasteiger charge is -1.92. The summed E-state index contributed by atoms with van der Waals surface area (Å²) in [6, 6.07) is 0. The molecular formula is C10H22O8. The van der Waals surface area contributed by atoms with E-state index in [2.05, 4.69) is 0 Å². The number of aliphatic hydroxyl groups is 4. The van der Waals surface area contributed by atoms with Gasteiger partial charge in [0.25, 0.3) is 0 Å². The molecular weight excluding hydrogens is 248 g/mol. The van der Waals surface area contributed by atoms with E-state index in [1.165, 1.54) is 13.8 Å². The molecule has 0 aliphatic rings. The van der Waals surface area contributed by atoms with Crippen LogP contribution in [0.3, 0.4) is 0 Å². The fraction of sp³-hybridized carbons (Fsp3) is 0.800. The zero-order valence-corrected chi connectivity index (χ0v) is 10.5. The predicted octanol–water partition coefficient (Wildman–Crippen LogP) is -0.650. The number of carbonyl (C=O) groups is 2. The van der Waals surface area contributed by atoms with Crippen LogP contribution in [0.2, 0.25) is 0 Å². The van der Waals surface area contributed by atoms with E-state index < -0.39 is 24.5 Å². The van der Waals surface area contributed by atoms with Crippen molar-refractivity contribution in [3.05, 3.63) is 0 Å². The number of carboxylic acids is 2. The van der Waals surface area contributed by atoms with E-state index in [9.17, 15) is 9.59 Å². The van der Waals surface area contributed by atoms with Gasteiger partial charge in [-0.1, -0.05) is 0 Å². The zero-order chi connectivity index (χ0) is 15.1. The molecule has 0 saturated heterocycles. The maximum atomic E-state index is 9.90. The molecule has 8 heteroatoms. The number of hydrogen-bond donors (Lipinski definition) is 6. The summed E-state index contributed by atoms with van der Waals surface area (Å²) in [6.07, 6.45) is -1.32.